The number of allylic oxidation sites excluding steroid dienone is 1. The van der Waals surface area contributed by atoms with E-state index in [4.69, 9.17) is 30.2 Å². The number of carboxylic acids is 1. The molecule has 0 aliphatic carbocycles. The maximum Gasteiger partial charge on any atom is 0.338 e. The number of halogens is 1. The molecule has 3 heterocycles. The SMILES string of the molecule is CCOC(=O)C1=C(C)N=c2s/c(=C\c3ccc(-c4ccc(Cl)c(C(=O)O)c4)o3)c(=O)n2C1c1cc(OC)ccc1OC. The second-order valence-electron chi connectivity index (χ2n) is 9.11. The van der Waals surface area contributed by atoms with Crippen LogP contribution >= 0.6 is 22.9 Å². The number of ether oxygens (including phenoxy) is 3. The highest BCUT2D eigenvalue weighted by Crippen LogP contribution is 2.38. The molecule has 1 unspecified atom stereocenters. The Morgan fingerprint density at radius 3 is 2.62 bits per heavy atom. The minimum absolute atomic E-state index is 0.0545. The lowest BCUT2D eigenvalue weighted by Gasteiger charge is -2.26. The highest BCUT2D eigenvalue weighted by atomic mass is 35.5. The van der Waals surface area contributed by atoms with E-state index in [-0.39, 0.29) is 22.8 Å². The van der Waals surface area contributed by atoms with Gasteiger partial charge in [-0.3, -0.25) is 9.36 Å². The number of thiazole rings is 1. The number of benzene rings is 2. The van der Waals surface area contributed by atoms with E-state index in [1.54, 1.807) is 56.3 Å². The number of aromatic carboxylic acids is 1. The molecule has 1 aliphatic heterocycles. The molecule has 216 valence electrons. The fourth-order valence-corrected chi connectivity index (χ4v) is 5.92. The van der Waals surface area contributed by atoms with Crippen molar-refractivity contribution >= 4 is 41.0 Å². The van der Waals surface area contributed by atoms with Gasteiger partial charge in [-0.2, -0.15) is 0 Å². The summed E-state index contributed by atoms with van der Waals surface area (Å²) in [4.78, 5) is 43.6. The van der Waals surface area contributed by atoms with Crippen LogP contribution in [0.25, 0.3) is 17.4 Å². The molecular formula is C30H25ClN2O8S. The van der Waals surface area contributed by atoms with E-state index in [1.807, 2.05) is 0 Å². The van der Waals surface area contributed by atoms with Gasteiger partial charge in [-0.25, -0.2) is 14.6 Å². The molecule has 1 atom stereocenters. The van der Waals surface area contributed by atoms with Crippen molar-refractivity contribution in [2.24, 2.45) is 4.99 Å². The summed E-state index contributed by atoms with van der Waals surface area (Å²) in [7, 11) is 3.03. The lowest BCUT2D eigenvalue weighted by atomic mass is 9.95. The van der Waals surface area contributed by atoms with Crippen LogP contribution in [0.3, 0.4) is 0 Å². The smallest absolute Gasteiger partial charge is 0.338 e. The Bertz CT molecular complexity index is 1930. The fourth-order valence-electron chi connectivity index (χ4n) is 4.70. The summed E-state index contributed by atoms with van der Waals surface area (Å²) in [5.41, 5.74) is 1.20. The maximum atomic E-state index is 13.9. The molecule has 0 fully saturated rings. The third kappa shape index (κ3) is 5.24. The summed E-state index contributed by atoms with van der Waals surface area (Å²) >= 11 is 7.14. The number of hydrogen-bond donors (Lipinski definition) is 1. The number of methoxy groups -OCH3 is 2. The standard InChI is InChI=1S/C30H25ClN2O8S/c1-5-40-29(37)25-15(2)32-30-33(26(25)20-13-17(38-3)7-11-23(20)39-4)27(34)24(42-30)14-18-8-10-22(41-18)16-6-9-21(31)19(12-16)28(35)36/h6-14,26H,5H2,1-4H3,(H,35,36)/b24-14-. The van der Waals surface area contributed by atoms with Crippen molar-refractivity contribution < 1.29 is 33.3 Å². The van der Waals surface area contributed by atoms with E-state index in [1.165, 1.54) is 30.9 Å². The molecule has 10 nitrogen and oxygen atoms in total. The number of hydrogen-bond acceptors (Lipinski definition) is 9. The molecule has 12 heteroatoms. The van der Waals surface area contributed by atoms with Crippen molar-refractivity contribution in [2.75, 3.05) is 20.8 Å². The van der Waals surface area contributed by atoms with Gasteiger partial charge in [0.15, 0.2) is 4.80 Å². The van der Waals surface area contributed by atoms with Crippen molar-refractivity contribution in [1.82, 2.24) is 4.57 Å². The molecule has 42 heavy (non-hydrogen) atoms. The lowest BCUT2D eigenvalue weighted by Crippen LogP contribution is -2.40. The van der Waals surface area contributed by atoms with Crippen LogP contribution in [0, 0.1) is 0 Å². The van der Waals surface area contributed by atoms with Crippen molar-refractivity contribution in [3.63, 3.8) is 0 Å². The van der Waals surface area contributed by atoms with Crippen molar-refractivity contribution in [3.8, 4) is 22.8 Å². The monoisotopic (exact) mass is 608 g/mol. The average molecular weight is 609 g/mol. The van der Waals surface area contributed by atoms with Gasteiger partial charge in [-0.05, 0) is 62.4 Å². The summed E-state index contributed by atoms with van der Waals surface area (Å²) in [6.07, 6.45) is 1.57. The number of fused-ring (bicyclic) bond motifs is 1. The first-order valence-corrected chi connectivity index (χ1v) is 13.9. The number of carboxylic acid groups (broad SMARTS) is 1. The summed E-state index contributed by atoms with van der Waals surface area (Å²) in [6, 6.07) is 12.1. The Balaban J connectivity index is 1.66. The maximum absolute atomic E-state index is 13.9. The van der Waals surface area contributed by atoms with Crippen molar-refractivity contribution in [1.29, 1.82) is 0 Å². The summed E-state index contributed by atoms with van der Waals surface area (Å²) in [5.74, 6) is -0.0309. The predicted octanol–water partition coefficient (Wildman–Crippen LogP) is 4.43. The van der Waals surface area contributed by atoms with Gasteiger partial charge in [0.25, 0.3) is 5.56 Å². The molecule has 0 saturated carbocycles. The van der Waals surface area contributed by atoms with Gasteiger partial charge in [0.05, 0.1) is 47.2 Å². The van der Waals surface area contributed by atoms with Crippen LogP contribution in [-0.4, -0.2) is 42.4 Å². The van der Waals surface area contributed by atoms with Crippen LogP contribution in [0.1, 0.15) is 41.6 Å². The molecule has 0 bridgehead atoms. The summed E-state index contributed by atoms with van der Waals surface area (Å²) in [5, 5.41) is 9.51. The van der Waals surface area contributed by atoms with E-state index in [2.05, 4.69) is 4.99 Å². The van der Waals surface area contributed by atoms with Crippen LogP contribution < -0.4 is 24.4 Å². The second kappa shape index (κ2) is 11.7. The van der Waals surface area contributed by atoms with E-state index < -0.39 is 23.5 Å². The van der Waals surface area contributed by atoms with Crippen molar-refractivity contribution in [3.05, 3.63) is 101 Å². The molecule has 1 aliphatic rings. The minimum atomic E-state index is -1.16. The molecule has 2 aromatic carbocycles. The largest absolute Gasteiger partial charge is 0.497 e. The molecule has 0 amide bonds. The van der Waals surface area contributed by atoms with Crippen LogP contribution in [0.15, 0.2) is 74.0 Å². The molecule has 1 N–H and O–H groups in total. The highest BCUT2D eigenvalue weighted by Gasteiger charge is 2.35. The number of rotatable bonds is 8. The Morgan fingerprint density at radius 1 is 1.14 bits per heavy atom. The molecule has 4 aromatic rings. The number of aromatic nitrogens is 1. The topological polar surface area (TPSA) is 130 Å². The Labute approximate surface area is 248 Å². The molecular weight excluding hydrogens is 584 g/mol. The summed E-state index contributed by atoms with van der Waals surface area (Å²) in [6.45, 7) is 3.54. The highest BCUT2D eigenvalue weighted by molar-refractivity contribution is 7.07. The minimum Gasteiger partial charge on any atom is -0.497 e. The number of furan rings is 1. The Kier molecular flexibility index (Phi) is 8.06. The van der Waals surface area contributed by atoms with Crippen LogP contribution in [-0.2, 0) is 9.53 Å². The van der Waals surface area contributed by atoms with Crippen LogP contribution in [0.2, 0.25) is 5.02 Å². The predicted molar refractivity (Wildman–Crippen MR) is 156 cm³/mol. The number of nitrogens with zero attached hydrogens (tertiary/aromatic N) is 2. The molecule has 0 saturated heterocycles. The zero-order valence-electron chi connectivity index (χ0n) is 23.0. The third-order valence-corrected chi connectivity index (χ3v) is 7.94. The second-order valence-corrected chi connectivity index (χ2v) is 10.5. The molecule has 5 rings (SSSR count). The van der Waals surface area contributed by atoms with Gasteiger partial charge in [0, 0.05) is 17.2 Å². The zero-order valence-corrected chi connectivity index (χ0v) is 24.5. The number of carbonyl (C=O) groups is 2. The van der Waals surface area contributed by atoms with Gasteiger partial charge in [0.1, 0.15) is 29.1 Å². The number of carbonyl (C=O) groups excluding carboxylic acids is 1. The average Bonchev–Trinajstić information content (AvgIpc) is 3.56. The van der Waals surface area contributed by atoms with E-state index in [0.717, 1.165) is 11.3 Å². The van der Waals surface area contributed by atoms with Gasteiger partial charge < -0.3 is 23.7 Å². The summed E-state index contributed by atoms with van der Waals surface area (Å²) < 4.78 is 24.1. The quantitative estimate of drug-likeness (QED) is 0.291. The van der Waals surface area contributed by atoms with Gasteiger partial charge in [0.2, 0.25) is 0 Å². The molecule has 2 aromatic heterocycles. The Hall–Kier alpha value is -4.61. The first-order chi connectivity index (χ1) is 20.2. The van der Waals surface area contributed by atoms with Gasteiger partial charge in [-0.1, -0.05) is 22.9 Å². The van der Waals surface area contributed by atoms with Crippen molar-refractivity contribution in [2.45, 2.75) is 19.9 Å². The normalized spacial score (nSPS) is 14.8. The first kappa shape index (κ1) is 28.9. The Morgan fingerprint density at radius 2 is 1.93 bits per heavy atom. The third-order valence-electron chi connectivity index (χ3n) is 6.63. The van der Waals surface area contributed by atoms with Crippen LogP contribution in [0.5, 0.6) is 11.5 Å². The zero-order chi connectivity index (χ0) is 30.1. The fraction of sp³-hybridized carbons (Fsp3) is 0.200. The van der Waals surface area contributed by atoms with Gasteiger partial charge in [-0.15, -0.1) is 0 Å². The van der Waals surface area contributed by atoms with E-state index in [9.17, 15) is 19.5 Å². The van der Waals surface area contributed by atoms with E-state index >= 15 is 0 Å². The molecule has 0 radical (unpaired) electrons. The lowest BCUT2D eigenvalue weighted by molar-refractivity contribution is -0.139. The number of esters is 1. The first-order valence-electron chi connectivity index (χ1n) is 12.7. The van der Waals surface area contributed by atoms with E-state index in [0.29, 0.717) is 49.2 Å². The van der Waals surface area contributed by atoms with Crippen LogP contribution in [0.4, 0.5) is 0 Å². The molecule has 0 spiro atoms. The van der Waals surface area contributed by atoms with Gasteiger partial charge >= 0.3 is 11.9 Å².